The average molecular weight is 873 g/mol. The van der Waals surface area contributed by atoms with Gasteiger partial charge in [-0.3, -0.25) is 0 Å². The predicted octanol–water partition coefficient (Wildman–Crippen LogP) is 16.7. The van der Waals surface area contributed by atoms with Crippen LogP contribution in [0.3, 0.4) is 0 Å². The van der Waals surface area contributed by atoms with Gasteiger partial charge in [-0.2, -0.15) is 0 Å². The summed E-state index contributed by atoms with van der Waals surface area (Å²) in [6.45, 7) is 0. The fourth-order valence-electron chi connectivity index (χ4n) is 9.84. The second-order valence-corrected chi connectivity index (χ2v) is 18.0. The van der Waals surface area contributed by atoms with E-state index in [0.717, 1.165) is 72.1 Å². The van der Waals surface area contributed by atoms with E-state index in [1.807, 2.05) is 0 Å². The molecular formula is C62H40N4S. The lowest BCUT2D eigenvalue weighted by atomic mass is 9.93. The maximum absolute atomic E-state index is 5.36. The van der Waals surface area contributed by atoms with E-state index in [1.165, 1.54) is 43.7 Å². The number of hydrogen-bond acceptors (Lipinski definition) is 3. The lowest BCUT2D eigenvalue weighted by molar-refractivity contribution is 1.18. The van der Waals surface area contributed by atoms with Crippen molar-refractivity contribution in [2.45, 2.75) is 0 Å². The average Bonchev–Trinajstić information content (AvgIpc) is 4.15. The van der Waals surface area contributed by atoms with Gasteiger partial charge in [-0.25, -0.2) is 9.97 Å². The highest BCUT2D eigenvalue weighted by Crippen LogP contribution is 2.41. The largest absolute Gasteiger partial charge is 0.309 e. The normalized spacial score (nSPS) is 11.6. The highest BCUT2D eigenvalue weighted by Gasteiger charge is 2.19. The van der Waals surface area contributed by atoms with E-state index in [0.29, 0.717) is 5.82 Å². The van der Waals surface area contributed by atoms with Gasteiger partial charge in [0.15, 0.2) is 5.82 Å². The smallest absolute Gasteiger partial charge is 0.170 e. The fraction of sp³-hybridized carbons (Fsp3) is 0. The molecule has 0 aliphatic heterocycles. The summed E-state index contributed by atoms with van der Waals surface area (Å²) >= 11 is 1.66. The number of aromatic nitrogens is 4. The van der Waals surface area contributed by atoms with Crippen molar-refractivity contribution < 1.29 is 0 Å². The maximum atomic E-state index is 5.36. The van der Waals surface area contributed by atoms with E-state index >= 15 is 0 Å². The Hall–Kier alpha value is -8.64. The summed E-state index contributed by atoms with van der Waals surface area (Å²) in [5.41, 5.74) is 17.6. The molecule has 13 aromatic rings. The van der Waals surface area contributed by atoms with E-state index in [1.54, 1.807) is 11.3 Å². The summed E-state index contributed by atoms with van der Waals surface area (Å²) in [4.78, 5) is 11.6. The molecule has 67 heavy (non-hydrogen) atoms. The van der Waals surface area contributed by atoms with Crippen LogP contribution in [0.15, 0.2) is 242 Å². The lowest BCUT2D eigenvalue weighted by Crippen LogP contribution is -1.96. The number of rotatable bonds is 8. The molecule has 4 nitrogen and oxygen atoms in total. The van der Waals surface area contributed by atoms with Gasteiger partial charge in [0.1, 0.15) is 0 Å². The van der Waals surface area contributed by atoms with Crippen LogP contribution >= 0.6 is 11.3 Å². The second kappa shape index (κ2) is 16.1. The summed E-state index contributed by atoms with van der Waals surface area (Å²) in [5, 5.41) is 7.00. The lowest BCUT2D eigenvalue weighted by Gasteiger charge is -2.14. The van der Waals surface area contributed by atoms with Gasteiger partial charge in [-0.05, 0) is 118 Å². The third kappa shape index (κ3) is 6.84. The van der Waals surface area contributed by atoms with Crippen LogP contribution in [0.2, 0.25) is 0 Å². The van der Waals surface area contributed by atoms with Gasteiger partial charge < -0.3 is 9.13 Å². The number of para-hydroxylation sites is 4. The summed E-state index contributed by atoms with van der Waals surface area (Å²) < 4.78 is 4.78. The molecule has 0 unspecified atom stereocenters. The van der Waals surface area contributed by atoms with E-state index < -0.39 is 0 Å². The van der Waals surface area contributed by atoms with Crippen molar-refractivity contribution in [3.8, 4) is 78.0 Å². The van der Waals surface area contributed by atoms with Crippen LogP contribution in [-0.2, 0) is 0 Å². The van der Waals surface area contributed by atoms with Crippen molar-refractivity contribution >= 4 is 54.9 Å². The standard InChI is InChI=1S/C62H40N4S/c1-4-15-41(16-5-1)42-26-28-43(29-27-42)55-40-56(64-62(63-55)61-25-14-34-67-61)48-36-46(44-30-32-53-51-21-10-12-23-57(51)65(59(53)38-44)49-17-6-2-7-18-49)35-47(37-48)45-31-33-54-52-22-11-13-24-58(52)66(60(54)39-45)50-19-8-3-9-20-50/h1-40H. The first-order valence-electron chi connectivity index (χ1n) is 22.6. The Kier molecular flexibility index (Phi) is 9.32. The number of fused-ring (bicyclic) bond motifs is 6. The summed E-state index contributed by atoms with van der Waals surface area (Å²) in [6.07, 6.45) is 0. The number of thiophene rings is 1. The molecular weight excluding hydrogens is 833 g/mol. The summed E-state index contributed by atoms with van der Waals surface area (Å²) in [7, 11) is 0. The van der Waals surface area contributed by atoms with E-state index in [4.69, 9.17) is 9.97 Å². The first-order chi connectivity index (χ1) is 33.2. The molecule has 0 aliphatic rings. The van der Waals surface area contributed by atoms with Crippen LogP contribution in [0.5, 0.6) is 0 Å². The Morgan fingerprint density at radius 1 is 0.284 bits per heavy atom. The molecule has 0 saturated heterocycles. The van der Waals surface area contributed by atoms with Crippen LogP contribution in [0, 0.1) is 0 Å². The molecule has 314 valence electrons. The summed E-state index contributed by atoms with van der Waals surface area (Å²) in [5.74, 6) is 0.712. The quantitative estimate of drug-likeness (QED) is 0.152. The molecule has 5 heteroatoms. The van der Waals surface area contributed by atoms with E-state index in [-0.39, 0.29) is 0 Å². The maximum Gasteiger partial charge on any atom is 0.170 e. The van der Waals surface area contributed by atoms with Gasteiger partial charge in [-0.15, -0.1) is 11.3 Å². The molecule has 9 aromatic carbocycles. The molecule has 0 aliphatic carbocycles. The fourth-order valence-corrected chi connectivity index (χ4v) is 10.5. The van der Waals surface area contributed by atoms with Crippen molar-refractivity contribution in [2.75, 3.05) is 0 Å². The first-order valence-corrected chi connectivity index (χ1v) is 23.5. The van der Waals surface area contributed by atoms with E-state index in [9.17, 15) is 0 Å². The highest BCUT2D eigenvalue weighted by molar-refractivity contribution is 7.13. The van der Waals surface area contributed by atoms with Gasteiger partial charge in [0.05, 0.1) is 38.3 Å². The Morgan fingerprint density at radius 2 is 0.716 bits per heavy atom. The Bertz CT molecular complexity index is 3770. The van der Waals surface area contributed by atoms with Gasteiger partial charge in [-0.1, -0.05) is 158 Å². The van der Waals surface area contributed by atoms with Crippen molar-refractivity contribution in [3.05, 3.63) is 242 Å². The molecule has 0 saturated carbocycles. The molecule has 0 bridgehead atoms. The monoisotopic (exact) mass is 872 g/mol. The first kappa shape index (κ1) is 38.8. The molecule has 0 atom stereocenters. The molecule has 0 spiro atoms. The number of hydrogen-bond donors (Lipinski definition) is 0. The van der Waals surface area contributed by atoms with Crippen molar-refractivity contribution in [1.82, 2.24) is 19.1 Å². The number of benzene rings is 9. The van der Waals surface area contributed by atoms with Gasteiger partial charge in [0.25, 0.3) is 0 Å². The highest BCUT2D eigenvalue weighted by atomic mass is 32.1. The van der Waals surface area contributed by atoms with Crippen LogP contribution in [-0.4, -0.2) is 19.1 Å². The topological polar surface area (TPSA) is 35.6 Å². The van der Waals surface area contributed by atoms with Crippen molar-refractivity contribution in [2.24, 2.45) is 0 Å². The molecule has 13 rings (SSSR count). The SMILES string of the molecule is c1ccc(-c2ccc(-c3cc(-c4cc(-c5ccc6c7ccccc7n(-c7ccccc7)c6c5)cc(-c5ccc6c7ccccc7n(-c7ccccc7)c6c5)c4)nc(-c4cccs4)n3)cc2)cc1. The van der Waals surface area contributed by atoms with Crippen LogP contribution < -0.4 is 0 Å². The minimum atomic E-state index is 0.712. The molecule has 4 aromatic heterocycles. The van der Waals surface area contributed by atoms with Crippen molar-refractivity contribution in [3.63, 3.8) is 0 Å². The summed E-state index contributed by atoms with van der Waals surface area (Å²) in [6, 6.07) is 85.2. The molecule has 0 radical (unpaired) electrons. The third-order valence-electron chi connectivity index (χ3n) is 13.0. The zero-order chi connectivity index (χ0) is 44.3. The Morgan fingerprint density at radius 3 is 1.25 bits per heavy atom. The minimum absolute atomic E-state index is 0.712. The molecule has 0 fully saturated rings. The van der Waals surface area contributed by atoms with E-state index in [2.05, 4.69) is 251 Å². The number of nitrogens with zero attached hydrogens (tertiary/aromatic N) is 4. The van der Waals surface area contributed by atoms with Gasteiger partial charge >= 0.3 is 0 Å². The van der Waals surface area contributed by atoms with Crippen LogP contribution in [0.4, 0.5) is 0 Å². The Labute approximate surface area is 392 Å². The molecule has 0 N–H and O–H groups in total. The molecule has 0 amide bonds. The second-order valence-electron chi connectivity index (χ2n) is 17.0. The van der Waals surface area contributed by atoms with Gasteiger partial charge in [0, 0.05) is 44.0 Å². The minimum Gasteiger partial charge on any atom is -0.309 e. The van der Waals surface area contributed by atoms with Crippen molar-refractivity contribution in [1.29, 1.82) is 0 Å². The predicted molar refractivity (Wildman–Crippen MR) is 281 cm³/mol. The zero-order valence-corrected chi connectivity index (χ0v) is 37.1. The Balaban J connectivity index is 1.04. The van der Waals surface area contributed by atoms with Crippen LogP contribution in [0.1, 0.15) is 0 Å². The molecule has 4 heterocycles. The van der Waals surface area contributed by atoms with Gasteiger partial charge in [0.2, 0.25) is 0 Å². The van der Waals surface area contributed by atoms with Crippen LogP contribution in [0.25, 0.3) is 122 Å². The zero-order valence-electron chi connectivity index (χ0n) is 36.3. The third-order valence-corrected chi connectivity index (χ3v) is 13.9.